The molecular weight excluding hydrogens is 435 g/mol. The van der Waals surface area contributed by atoms with Gasteiger partial charge in [-0.25, -0.2) is 0 Å². The van der Waals surface area contributed by atoms with E-state index in [4.69, 9.17) is 44.3 Å². The summed E-state index contributed by atoms with van der Waals surface area (Å²) in [6.07, 6.45) is 8.31. The summed E-state index contributed by atoms with van der Waals surface area (Å²) in [4.78, 5) is 25.7. The molecule has 29 heavy (non-hydrogen) atoms. The smallest absolute Gasteiger partial charge is 0.328 e. The summed E-state index contributed by atoms with van der Waals surface area (Å²) in [5.41, 5.74) is -1.41. The molecule has 0 N–H and O–H groups in total. The second kappa shape index (κ2) is 13.4. The van der Waals surface area contributed by atoms with Gasteiger partial charge in [0.1, 0.15) is 5.02 Å². The molecule has 0 aliphatic heterocycles. The van der Waals surface area contributed by atoms with Crippen LogP contribution in [0.3, 0.4) is 0 Å². The normalized spacial score (nSPS) is 11.4. The Morgan fingerprint density at radius 2 is 1.38 bits per heavy atom. The number of rotatable bonds is 13. The number of hydrogen-bond donors (Lipinski definition) is 0. The highest BCUT2D eigenvalue weighted by molar-refractivity contribution is 6.44. The van der Waals surface area contributed by atoms with E-state index in [9.17, 15) is 9.59 Å². The van der Waals surface area contributed by atoms with Gasteiger partial charge in [-0.3, -0.25) is 9.59 Å². The molecule has 0 aliphatic rings. The van der Waals surface area contributed by atoms with Crippen molar-refractivity contribution in [2.75, 3.05) is 6.61 Å². The second-order valence-electron chi connectivity index (χ2n) is 7.11. The Morgan fingerprint density at radius 3 is 1.97 bits per heavy atom. The van der Waals surface area contributed by atoms with Crippen LogP contribution in [0.4, 0.5) is 0 Å². The Bertz CT molecular complexity index is 672. The number of benzene rings is 1. The molecule has 0 unspecified atom stereocenters. The van der Waals surface area contributed by atoms with Crippen molar-refractivity contribution in [1.82, 2.24) is 0 Å². The summed E-state index contributed by atoms with van der Waals surface area (Å²) in [5.74, 6) is -1.36. The van der Waals surface area contributed by atoms with Crippen molar-refractivity contribution in [3.8, 4) is 5.75 Å². The zero-order valence-electron chi connectivity index (χ0n) is 17.5. The maximum absolute atomic E-state index is 12.9. The highest BCUT2D eigenvalue weighted by Gasteiger charge is 2.46. The zero-order chi connectivity index (χ0) is 21.9. The molecule has 0 aromatic heterocycles. The van der Waals surface area contributed by atoms with Gasteiger partial charge in [0.15, 0.2) is 11.2 Å². The van der Waals surface area contributed by atoms with Crippen molar-refractivity contribution < 1.29 is 19.1 Å². The van der Waals surface area contributed by atoms with Gasteiger partial charge in [0, 0.05) is 0 Å². The molecule has 1 aromatic carbocycles. The Morgan fingerprint density at radius 1 is 0.828 bits per heavy atom. The van der Waals surface area contributed by atoms with Crippen LogP contribution >= 0.6 is 34.8 Å². The predicted molar refractivity (Wildman–Crippen MR) is 119 cm³/mol. The fraction of sp³-hybridized carbons (Fsp3) is 0.636. The van der Waals surface area contributed by atoms with E-state index < -0.39 is 17.4 Å². The van der Waals surface area contributed by atoms with Crippen LogP contribution in [-0.2, 0) is 14.3 Å². The largest absolute Gasteiger partial charge is 0.465 e. The Balaban J connectivity index is 2.70. The summed E-state index contributed by atoms with van der Waals surface area (Å²) in [6, 6.07) is 2.99. The zero-order valence-corrected chi connectivity index (χ0v) is 19.8. The molecule has 0 spiro atoms. The van der Waals surface area contributed by atoms with Gasteiger partial charge >= 0.3 is 11.9 Å². The summed E-state index contributed by atoms with van der Waals surface area (Å²) >= 11 is 18.2. The molecule has 0 bridgehead atoms. The van der Waals surface area contributed by atoms with Gasteiger partial charge in [0.2, 0.25) is 0 Å². The summed E-state index contributed by atoms with van der Waals surface area (Å²) in [6.45, 7) is 5.98. The number of unbranched alkanes of at least 4 members (excludes halogenated alkanes) is 6. The van der Waals surface area contributed by atoms with Crippen molar-refractivity contribution in [1.29, 1.82) is 0 Å². The van der Waals surface area contributed by atoms with Crippen LogP contribution < -0.4 is 4.74 Å². The quantitative estimate of drug-likeness (QED) is 0.0986. The number of carbonyl (C=O) groups excluding carboxylic acids is 2. The van der Waals surface area contributed by atoms with E-state index >= 15 is 0 Å². The molecule has 0 saturated carbocycles. The lowest BCUT2D eigenvalue weighted by Crippen LogP contribution is -2.42. The van der Waals surface area contributed by atoms with Crippen LogP contribution in [-0.4, -0.2) is 18.5 Å². The van der Waals surface area contributed by atoms with Gasteiger partial charge in [-0.1, -0.05) is 94.1 Å². The standard InChI is InChI=1S/C22H31Cl3O4/c1-4-7-8-9-10-11-12-15-28-20(26)22(5-2,6-3)21(27)29-19-17(24)14-13-16(23)18(19)25/h13-14H,4-12,15H2,1-3H3. The molecule has 0 aliphatic carbocycles. The molecule has 0 saturated heterocycles. The number of hydrogen-bond acceptors (Lipinski definition) is 4. The minimum Gasteiger partial charge on any atom is -0.465 e. The maximum Gasteiger partial charge on any atom is 0.328 e. The van der Waals surface area contributed by atoms with Crippen LogP contribution in [0.2, 0.25) is 15.1 Å². The fourth-order valence-corrected chi connectivity index (χ4v) is 3.66. The van der Waals surface area contributed by atoms with Crippen molar-refractivity contribution in [2.45, 2.75) is 78.6 Å². The Kier molecular flexibility index (Phi) is 12.0. The maximum atomic E-state index is 12.9. The first-order valence-electron chi connectivity index (χ1n) is 10.4. The molecule has 164 valence electrons. The van der Waals surface area contributed by atoms with Crippen molar-refractivity contribution >= 4 is 46.7 Å². The molecule has 0 fully saturated rings. The molecule has 0 radical (unpaired) electrons. The van der Waals surface area contributed by atoms with E-state index in [2.05, 4.69) is 6.92 Å². The van der Waals surface area contributed by atoms with Gasteiger partial charge in [-0.05, 0) is 31.4 Å². The fourth-order valence-electron chi connectivity index (χ4n) is 3.07. The highest BCUT2D eigenvalue weighted by Crippen LogP contribution is 2.40. The molecule has 0 heterocycles. The van der Waals surface area contributed by atoms with Crippen molar-refractivity contribution in [3.05, 3.63) is 27.2 Å². The first-order chi connectivity index (χ1) is 13.8. The number of halogens is 3. The summed E-state index contributed by atoms with van der Waals surface area (Å²) in [7, 11) is 0. The van der Waals surface area contributed by atoms with Crippen LogP contribution in [0, 0.1) is 5.41 Å². The molecule has 0 amide bonds. The van der Waals surface area contributed by atoms with Crippen LogP contribution in [0.15, 0.2) is 12.1 Å². The van der Waals surface area contributed by atoms with Gasteiger partial charge < -0.3 is 9.47 Å². The molecular formula is C22H31Cl3O4. The van der Waals surface area contributed by atoms with Crippen LogP contribution in [0.1, 0.15) is 78.6 Å². The second-order valence-corrected chi connectivity index (χ2v) is 8.30. The van der Waals surface area contributed by atoms with Crippen LogP contribution in [0.25, 0.3) is 0 Å². The SMILES string of the molecule is CCCCCCCCCOC(=O)C(CC)(CC)C(=O)Oc1c(Cl)ccc(Cl)c1Cl. The predicted octanol–water partition coefficient (Wildman–Crippen LogP) is 7.65. The minimum absolute atomic E-state index is 0.0325. The first-order valence-corrected chi connectivity index (χ1v) is 11.5. The third kappa shape index (κ3) is 7.34. The number of carbonyl (C=O) groups is 2. The molecule has 1 rings (SSSR count). The number of esters is 2. The van der Waals surface area contributed by atoms with Gasteiger partial charge in [-0.2, -0.15) is 0 Å². The van der Waals surface area contributed by atoms with Crippen molar-refractivity contribution in [3.63, 3.8) is 0 Å². The van der Waals surface area contributed by atoms with Gasteiger partial charge in [0.05, 0.1) is 16.7 Å². The van der Waals surface area contributed by atoms with Gasteiger partial charge in [0.25, 0.3) is 0 Å². The highest BCUT2D eigenvalue weighted by atomic mass is 35.5. The average Bonchev–Trinajstić information content (AvgIpc) is 2.71. The van der Waals surface area contributed by atoms with Gasteiger partial charge in [-0.15, -0.1) is 0 Å². The Hall–Kier alpha value is -0.970. The molecule has 7 heteroatoms. The van der Waals surface area contributed by atoms with E-state index in [1.54, 1.807) is 13.8 Å². The monoisotopic (exact) mass is 464 g/mol. The lowest BCUT2D eigenvalue weighted by atomic mass is 9.82. The minimum atomic E-state index is -1.41. The van der Waals surface area contributed by atoms with Crippen molar-refractivity contribution in [2.24, 2.45) is 5.41 Å². The average molecular weight is 466 g/mol. The topological polar surface area (TPSA) is 52.6 Å². The van der Waals surface area contributed by atoms with E-state index in [1.807, 2.05) is 0 Å². The molecule has 4 nitrogen and oxygen atoms in total. The summed E-state index contributed by atoms with van der Waals surface area (Å²) in [5, 5.41) is 0.384. The van der Waals surface area contributed by atoms with Crippen LogP contribution in [0.5, 0.6) is 5.75 Å². The molecule has 1 aromatic rings. The summed E-state index contributed by atoms with van der Waals surface area (Å²) < 4.78 is 10.8. The van der Waals surface area contributed by atoms with E-state index in [0.29, 0.717) is 6.61 Å². The third-order valence-electron chi connectivity index (χ3n) is 5.17. The molecule has 0 atom stereocenters. The lowest BCUT2D eigenvalue weighted by Gasteiger charge is -2.27. The Labute approximate surface area is 189 Å². The first kappa shape index (κ1) is 26.1. The van der Waals surface area contributed by atoms with E-state index in [0.717, 1.165) is 19.3 Å². The van der Waals surface area contributed by atoms with E-state index in [1.165, 1.54) is 37.8 Å². The van der Waals surface area contributed by atoms with E-state index in [-0.39, 0.29) is 33.7 Å². The lowest BCUT2D eigenvalue weighted by molar-refractivity contribution is -0.168. The number of ether oxygens (including phenoxy) is 2. The third-order valence-corrected chi connectivity index (χ3v) is 6.25.